The quantitative estimate of drug-likeness (QED) is 0.488. The van der Waals surface area contributed by atoms with Gasteiger partial charge in [0, 0.05) is 0 Å². The molecule has 0 aromatic rings. The summed E-state index contributed by atoms with van der Waals surface area (Å²) in [7, 11) is 0. The van der Waals surface area contributed by atoms with Crippen LogP contribution in [0.3, 0.4) is 0 Å². The van der Waals surface area contributed by atoms with Crippen LogP contribution in [0.5, 0.6) is 0 Å². The molecule has 0 heterocycles. The predicted octanol–water partition coefficient (Wildman–Crippen LogP) is 7.39. The van der Waals surface area contributed by atoms with Crippen LogP contribution in [0.4, 0.5) is 0 Å². The molecule has 1 N–H and O–H groups in total. The molecule has 0 saturated heterocycles. The molecule has 3 fully saturated rings. The fourth-order valence-electron chi connectivity index (χ4n) is 8.51. The molecule has 0 aromatic carbocycles. The van der Waals surface area contributed by atoms with E-state index in [-0.39, 0.29) is 6.10 Å². The average Bonchev–Trinajstić information content (AvgIpc) is 2.99. The van der Waals surface area contributed by atoms with E-state index in [0.29, 0.717) is 10.8 Å². The number of aliphatic hydroxyl groups excluding tert-OH is 1. The summed E-state index contributed by atoms with van der Waals surface area (Å²) < 4.78 is 0. The van der Waals surface area contributed by atoms with Gasteiger partial charge in [0.15, 0.2) is 0 Å². The molecule has 160 valence electrons. The lowest BCUT2D eigenvalue weighted by atomic mass is 9.45. The summed E-state index contributed by atoms with van der Waals surface area (Å²) in [5.41, 5.74) is 2.86. The minimum Gasteiger partial charge on any atom is -0.393 e. The first-order valence-electron chi connectivity index (χ1n) is 12.6. The lowest BCUT2D eigenvalue weighted by Crippen LogP contribution is -2.52. The van der Waals surface area contributed by atoms with Gasteiger partial charge in [0.1, 0.15) is 0 Å². The first kappa shape index (κ1) is 21.0. The highest BCUT2D eigenvalue weighted by atomic mass is 16.3. The number of hydrogen-bond acceptors (Lipinski definition) is 1. The summed E-state index contributed by atoms with van der Waals surface area (Å²) in [6, 6.07) is 0. The molecule has 0 amide bonds. The van der Waals surface area contributed by atoms with Crippen LogP contribution < -0.4 is 0 Å². The zero-order chi connectivity index (χ0) is 20.1. The van der Waals surface area contributed by atoms with Crippen LogP contribution >= 0.6 is 0 Å². The molecule has 1 heteroatoms. The van der Waals surface area contributed by atoms with E-state index in [4.69, 9.17) is 0 Å². The van der Waals surface area contributed by atoms with E-state index in [0.717, 1.165) is 48.3 Å². The third-order valence-corrected chi connectivity index (χ3v) is 10.2. The highest BCUT2D eigenvalue weighted by Crippen LogP contribution is 2.66. The Bertz CT molecular complexity index is 591. The van der Waals surface area contributed by atoms with Crippen LogP contribution in [0.2, 0.25) is 0 Å². The van der Waals surface area contributed by atoms with Crippen molar-refractivity contribution in [3.05, 3.63) is 11.6 Å². The lowest BCUT2D eigenvalue weighted by molar-refractivity contribution is -0.0859. The van der Waals surface area contributed by atoms with Crippen molar-refractivity contribution in [1.29, 1.82) is 0 Å². The number of fused-ring (bicyclic) bond motifs is 5. The fraction of sp³-hybridized carbons (Fsp3) is 0.926. The summed E-state index contributed by atoms with van der Waals surface area (Å²) in [6.07, 6.45) is 17.3. The molecule has 4 aliphatic rings. The van der Waals surface area contributed by atoms with E-state index in [1.54, 1.807) is 0 Å². The molecule has 4 rings (SSSR count). The van der Waals surface area contributed by atoms with Crippen molar-refractivity contribution in [3.8, 4) is 0 Å². The van der Waals surface area contributed by atoms with Gasteiger partial charge < -0.3 is 5.11 Å². The SMILES string of the molecule is CC(C)CCC[C@@H](C)C1CC=C2C3CC[C@H]4CC(O)CCC4(C)C3CCC21C. The molecule has 8 atom stereocenters. The molecule has 6 unspecified atom stereocenters. The van der Waals surface area contributed by atoms with Crippen LogP contribution in [-0.4, -0.2) is 11.2 Å². The highest BCUT2D eigenvalue weighted by Gasteiger charge is 2.57. The molecule has 28 heavy (non-hydrogen) atoms. The van der Waals surface area contributed by atoms with E-state index in [1.807, 2.05) is 5.57 Å². The molecule has 3 saturated carbocycles. The molecule has 0 radical (unpaired) electrons. The van der Waals surface area contributed by atoms with Crippen molar-refractivity contribution in [2.24, 2.45) is 46.3 Å². The monoisotopic (exact) mass is 386 g/mol. The molecular formula is C27H46O. The molecular weight excluding hydrogens is 340 g/mol. The zero-order valence-corrected chi connectivity index (χ0v) is 19.3. The summed E-state index contributed by atoms with van der Waals surface area (Å²) in [6.45, 7) is 12.5. The Morgan fingerprint density at radius 3 is 2.57 bits per heavy atom. The van der Waals surface area contributed by atoms with Gasteiger partial charge in [-0.1, -0.05) is 65.5 Å². The van der Waals surface area contributed by atoms with Gasteiger partial charge in [0.25, 0.3) is 0 Å². The van der Waals surface area contributed by atoms with E-state index >= 15 is 0 Å². The van der Waals surface area contributed by atoms with E-state index in [2.05, 4.69) is 40.7 Å². The van der Waals surface area contributed by atoms with Crippen molar-refractivity contribution >= 4 is 0 Å². The minimum atomic E-state index is -0.0229. The maximum Gasteiger partial charge on any atom is 0.0543 e. The van der Waals surface area contributed by atoms with Crippen LogP contribution in [0.25, 0.3) is 0 Å². The number of aliphatic hydroxyl groups is 1. The van der Waals surface area contributed by atoms with Gasteiger partial charge in [0.05, 0.1) is 6.10 Å². The summed E-state index contributed by atoms with van der Waals surface area (Å²) in [4.78, 5) is 0. The molecule has 4 aliphatic carbocycles. The van der Waals surface area contributed by atoms with Gasteiger partial charge in [-0.15, -0.1) is 0 Å². The zero-order valence-electron chi connectivity index (χ0n) is 19.3. The van der Waals surface area contributed by atoms with Crippen LogP contribution in [0.15, 0.2) is 11.6 Å². The van der Waals surface area contributed by atoms with Gasteiger partial charge in [-0.2, -0.15) is 0 Å². The summed E-state index contributed by atoms with van der Waals surface area (Å²) in [5, 5.41) is 10.2. The molecule has 0 aromatic heterocycles. The van der Waals surface area contributed by atoms with Gasteiger partial charge in [-0.05, 0) is 97.7 Å². The number of rotatable bonds is 5. The standard InChI is InChI=1S/C27H46O/c1-18(2)7-6-8-19(3)23-11-12-24-22-10-9-20-17-21(28)13-15-26(20,4)25(22)14-16-27(23,24)5/h12,18-23,25,28H,6-11,13-17H2,1-5H3/t19-,20+,21?,22?,23?,25?,26?,27?/m1/s1. The maximum absolute atomic E-state index is 10.2. The highest BCUT2D eigenvalue weighted by molar-refractivity contribution is 5.30. The lowest BCUT2D eigenvalue weighted by Gasteiger charge is -2.60. The smallest absolute Gasteiger partial charge is 0.0543 e. The molecule has 1 nitrogen and oxygen atoms in total. The first-order chi connectivity index (χ1) is 13.3. The summed E-state index contributed by atoms with van der Waals surface area (Å²) in [5.74, 6) is 5.10. The van der Waals surface area contributed by atoms with Crippen molar-refractivity contribution < 1.29 is 5.11 Å². The Labute approximate surface area is 174 Å². The Morgan fingerprint density at radius 2 is 1.82 bits per heavy atom. The van der Waals surface area contributed by atoms with Crippen molar-refractivity contribution in [3.63, 3.8) is 0 Å². The van der Waals surface area contributed by atoms with Crippen molar-refractivity contribution in [2.45, 2.75) is 111 Å². The second-order valence-electron chi connectivity index (χ2n) is 12.2. The van der Waals surface area contributed by atoms with Gasteiger partial charge in [-0.3, -0.25) is 0 Å². The van der Waals surface area contributed by atoms with Crippen LogP contribution in [-0.2, 0) is 0 Å². The third kappa shape index (κ3) is 3.42. The van der Waals surface area contributed by atoms with Crippen molar-refractivity contribution in [1.82, 2.24) is 0 Å². The number of allylic oxidation sites excluding steroid dienone is 2. The molecule has 0 bridgehead atoms. The Balaban J connectivity index is 1.47. The van der Waals surface area contributed by atoms with Crippen LogP contribution in [0.1, 0.15) is 105 Å². The molecule has 0 aliphatic heterocycles. The Morgan fingerprint density at radius 1 is 1.04 bits per heavy atom. The maximum atomic E-state index is 10.2. The van der Waals surface area contributed by atoms with E-state index in [1.165, 1.54) is 57.8 Å². The third-order valence-electron chi connectivity index (χ3n) is 10.2. The van der Waals surface area contributed by atoms with Gasteiger partial charge in [0.2, 0.25) is 0 Å². The largest absolute Gasteiger partial charge is 0.393 e. The normalized spacial score (nSPS) is 46.5. The molecule has 0 spiro atoms. The van der Waals surface area contributed by atoms with E-state index < -0.39 is 0 Å². The van der Waals surface area contributed by atoms with Gasteiger partial charge >= 0.3 is 0 Å². The van der Waals surface area contributed by atoms with Crippen LogP contribution in [0, 0.1) is 46.3 Å². The topological polar surface area (TPSA) is 20.2 Å². The first-order valence-corrected chi connectivity index (χ1v) is 12.6. The number of hydrogen-bond donors (Lipinski definition) is 1. The second kappa shape index (κ2) is 7.75. The Hall–Kier alpha value is -0.300. The second-order valence-corrected chi connectivity index (χ2v) is 12.2. The fourth-order valence-corrected chi connectivity index (χ4v) is 8.51. The summed E-state index contributed by atoms with van der Waals surface area (Å²) >= 11 is 0. The minimum absolute atomic E-state index is 0.0229. The predicted molar refractivity (Wildman–Crippen MR) is 119 cm³/mol. The Kier molecular flexibility index (Phi) is 5.80. The van der Waals surface area contributed by atoms with Crippen molar-refractivity contribution in [2.75, 3.05) is 0 Å². The van der Waals surface area contributed by atoms with E-state index in [9.17, 15) is 5.11 Å². The van der Waals surface area contributed by atoms with Gasteiger partial charge in [-0.25, -0.2) is 0 Å². The average molecular weight is 387 g/mol.